The summed E-state index contributed by atoms with van der Waals surface area (Å²) in [7, 11) is 3.91. The number of anilines is 1. The average molecular weight is 431 g/mol. The van der Waals surface area contributed by atoms with Gasteiger partial charge in [0.05, 0.1) is 20.6 Å². The van der Waals surface area contributed by atoms with E-state index >= 15 is 0 Å². The zero-order valence-corrected chi connectivity index (χ0v) is 18.8. The summed E-state index contributed by atoms with van der Waals surface area (Å²) < 4.78 is 1.14. The first-order chi connectivity index (χ1) is 15.0. The first-order valence-electron chi connectivity index (χ1n) is 10.3. The smallest absolute Gasteiger partial charge is 0.231 e. The molecule has 4 aromatic rings. The van der Waals surface area contributed by atoms with Crippen LogP contribution in [0.2, 0.25) is 0 Å². The molecular weight excluding hydrogens is 404 g/mol. The highest BCUT2D eigenvalue weighted by molar-refractivity contribution is 7.18. The molecule has 2 aromatic carbocycles. The molecule has 5 nitrogen and oxygen atoms in total. The number of fused-ring (bicyclic) bond motifs is 1. The molecule has 1 N–H and O–H groups in total. The van der Waals surface area contributed by atoms with E-state index in [4.69, 9.17) is 4.98 Å². The molecule has 1 amide bonds. The van der Waals surface area contributed by atoms with Gasteiger partial charge in [-0.2, -0.15) is 0 Å². The molecule has 0 saturated heterocycles. The van der Waals surface area contributed by atoms with Gasteiger partial charge < -0.3 is 10.2 Å². The van der Waals surface area contributed by atoms with Crippen molar-refractivity contribution < 1.29 is 4.79 Å². The number of thiazole rings is 1. The molecule has 0 aliphatic rings. The van der Waals surface area contributed by atoms with Crippen LogP contribution < -0.4 is 10.2 Å². The maximum Gasteiger partial charge on any atom is 0.231 e. The van der Waals surface area contributed by atoms with E-state index in [0.717, 1.165) is 32.2 Å². The molecule has 0 spiro atoms. The molecular formula is C25H26N4OS. The Hall–Kier alpha value is -3.25. The van der Waals surface area contributed by atoms with Crippen LogP contribution in [0.25, 0.3) is 10.2 Å². The number of nitrogens with one attached hydrogen (secondary N) is 1. The summed E-state index contributed by atoms with van der Waals surface area (Å²) in [5.74, 6) is 0.870. The fourth-order valence-electron chi connectivity index (χ4n) is 3.58. The van der Waals surface area contributed by atoms with Crippen LogP contribution in [-0.4, -0.2) is 30.0 Å². The minimum absolute atomic E-state index is 0.0188. The first-order valence-corrected chi connectivity index (χ1v) is 11.1. The molecule has 0 bridgehead atoms. The summed E-state index contributed by atoms with van der Waals surface area (Å²) in [6.07, 6.45) is 2.35. The van der Waals surface area contributed by atoms with E-state index in [-0.39, 0.29) is 5.91 Å². The Kier molecular flexibility index (Phi) is 6.00. The van der Waals surface area contributed by atoms with E-state index < -0.39 is 5.41 Å². The Labute approximate surface area is 186 Å². The standard InChI is InChI=1S/C25H26N4OS/c1-25(19-9-5-4-6-10-19,15-23-28-20-11-7-8-12-21(20)31-23)24(30)27-17-18-13-14-22(26-16-18)29(2)3/h4-14,16H,15,17H2,1-3H3,(H,27,30). The normalized spacial score (nSPS) is 13.0. The van der Waals surface area contributed by atoms with Gasteiger partial charge in [-0.25, -0.2) is 9.97 Å². The van der Waals surface area contributed by atoms with Crippen LogP contribution in [0.15, 0.2) is 72.9 Å². The van der Waals surface area contributed by atoms with Crippen molar-refractivity contribution in [2.45, 2.75) is 25.3 Å². The maximum atomic E-state index is 13.5. The van der Waals surface area contributed by atoms with Crippen LogP contribution in [0.3, 0.4) is 0 Å². The average Bonchev–Trinajstić information content (AvgIpc) is 3.20. The van der Waals surface area contributed by atoms with E-state index in [2.05, 4.69) is 16.4 Å². The van der Waals surface area contributed by atoms with Gasteiger partial charge in [0.1, 0.15) is 5.82 Å². The Bertz CT molecular complexity index is 1140. The van der Waals surface area contributed by atoms with Crippen LogP contribution in [0, 0.1) is 0 Å². The molecule has 1 unspecified atom stereocenters. The zero-order valence-electron chi connectivity index (χ0n) is 18.0. The molecule has 1 atom stereocenters. The Morgan fingerprint density at radius 3 is 2.45 bits per heavy atom. The van der Waals surface area contributed by atoms with Gasteiger partial charge in [0, 0.05) is 33.3 Å². The number of carbonyl (C=O) groups is 1. The summed E-state index contributed by atoms with van der Waals surface area (Å²) in [6, 6.07) is 22.0. The van der Waals surface area contributed by atoms with Gasteiger partial charge in [0.2, 0.25) is 5.91 Å². The minimum Gasteiger partial charge on any atom is -0.363 e. The lowest BCUT2D eigenvalue weighted by Crippen LogP contribution is -2.43. The predicted octanol–water partition coefficient (Wildman–Crippen LogP) is 4.57. The first kappa shape index (κ1) is 21.0. The molecule has 0 fully saturated rings. The van der Waals surface area contributed by atoms with Gasteiger partial charge in [-0.05, 0) is 36.2 Å². The van der Waals surface area contributed by atoms with Gasteiger partial charge in [0.15, 0.2) is 0 Å². The van der Waals surface area contributed by atoms with Crippen molar-refractivity contribution in [3.63, 3.8) is 0 Å². The number of amides is 1. The van der Waals surface area contributed by atoms with Crippen molar-refractivity contribution in [3.8, 4) is 0 Å². The number of rotatable bonds is 7. The van der Waals surface area contributed by atoms with Crippen LogP contribution in [-0.2, 0) is 23.2 Å². The lowest BCUT2D eigenvalue weighted by Gasteiger charge is -2.28. The van der Waals surface area contributed by atoms with Crippen LogP contribution >= 0.6 is 11.3 Å². The SMILES string of the molecule is CN(C)c1ccc(CNC(=O)C(C)(Cc2nc3ccccc3s2)c2ccccc2)cn1. The molecule has 0 aliphatic carbocycles. The second-order valence-corrected chi connectivity index (χ2v) is 9.17. The Morgan fingerprint density at radius 1 is 1.03 bits per heavy atom. The molecule has 0 radical (unpaired) electrons. The topological polar surface area (TPSA) is 58.1 Å². The van der Waals surface area contributed by atoms with E-state index in [1.807, 2.05) is 92.8 Å². The summed E-state index contributed by atoms with van der Waals surface area (Å²) >= 11 is 1.65. The maximum absolute atomic E-state index is 13.5. The van der Waals surface area contributed by atoms with Crippen molar-refractivity contribution in [3.05, 3.63) is 89.1 Å². The molecule has 6 heteroatoms. The summed E-state index contributed by atoms with van der Waals surface area (Å²) in [5, 5.41) is 4.08. The van der Waals surface area contributed by atoms with Crippen molar-refractivity contribution in [1.82, 2.24) is 15.3 Å². The van der Waals surface area contributed by atoms with Crippen LogP contribution in [0.4, 0.5) is 5.82 Å². The number of carbonyl (C=O) groups excluding carboxylic acids is 1. The minimum atomic E-state index is -0.730. The second-order valence-electron chi connectivity index (χ2n) is 8.05. The number of hydrogen-bond donors (Lipinski definition) is 1. The monoisotopic (exact) mass is 430 g/mol. The van der Waals surface area contributed by atoms with Crippen molar-refractivity contribution in [1.29, 1.82) is 0 Å². The second kappa shape index (κ2) is 8.86. The zero-order chi connectivity index (χ0) is 21.8. The molecule has 31 heavy (non-hydrogen) atoms. The summed E-state index contributed by atoms with van der Waals surface area (Å²) in [5.41, 5.74) is 2.19. The van der Waals surface area contributed by atoms with Crippen LogP contribution in [0.5, 0.6) is 0 Å². The number of para-hydroxylation sites is 1. The van der Waals surface area contributed by atoms with E-state index in [1.165, 1.54) is 0 Å². The lowest BCUT2D eigenvalue weighted by molar-refractivity contribution is -0.126. The highest BCUT2D eigenvalue weighted by atomic mass is 32.1. The van der Waals surface area contributed by atoms with Gasteiger partial charge in [0.25, 0.3) is 0 Å². The van der Waals surface area contributed by atoms with Gasteiger partial charge in [-0.1, -0.05) is 48.5 Å². The third-order valence-electron chi connectivity index (χ3n) is 5.48. The number of aromatic nitrogens is 2. The molecule has 4 rings (SSSR count). The Balaban J connectivity index is 1.57. The number of hydrogen-bond acceptors (Lipinski definition) is 5. The Morgan fingerprint density at radius 2 is 1.77 bits per heavy atom. The quantitative estimate of drug-likeness (QED) is 0.466. The van der Waals surface area contributed by atoms with Crippen molar-refractivity contribution in [2.24, 2.45) is 0 Å². The molecule has 2 heterocycles. The fourth-order valence-corrected chi connectivity index (χ4v) is 4.70. The third kappa shape index (κ3) is 4.59. The van der Waals surface area contributed by atoms with Gasteiger partial charge in [-0.3, -0.25) is 4.79 Å². The third-order valence-corrected chi connectivity index (χ3v) is 6.51. The van der Waals surface area contributed by atoms with E-state index in [9.17, 15) is 4.79 Å². The highest BCUT2D eigenvalue weighted by Crippen LogP contribution is 2.32. The van der Waals surface area contributed by atoms with E-state index in [0.29, 0.717) is 13.0 Å². The number of nitrogens with zero attached hydrogens (tertiary/aromatic N) is 3. The summed E-state index contributed by atoms with van der Waals surface area (Å²) in [6.45, 7) is 2.43. The molecule has 2 aromatic heterocycles. The van der Waals surface area contributed by atoms with Crippen LogP contribution in [0.1, 0.15) is 23.1 Å². The molecule has 0 saturated carbocycles. The highest BCUT2D eigenvalue weighted by Gasteiger charge is 2.36. The molecule has 0 aliphatic heterocycles. The van der Waals surface area contributed by atoms with E-state index in [1.54, 1.807) is 11.3 Å². The number of benzene rings is 2. The molecule has 158 valence electrons. The van der Waals surface area contributed by atoms with Crippen molar-refractivity contribution in [2.75, 3.05) is 19.0 Å². The largest absolute Gasteiger partial charge is 0.363 e. The summed E-state index contributed by atoms with van der Waals surface area (Å²) in [4.78, 5) is 24.6. The lowest BCUT2D eigenvalue weighted by atomic mass is 9.78. The van der Waals surface area contributed by atoms with Crippen molar-refractivity contribution >= 4 is 33.3 Å². The van der Waals surface area contributed by atoms with Gasteiger partial charge >= 0.3 is 0 Å². The number of pyridine rings is 1. The van der Waals surface area contributed by atoms with Gasteiger partial charge in [-0.15, -0.1) is 11.3 Å². The fraction of sp³-hybridized carbons (Fsp3) is 0.240. The predicted molar refractivity (Wildman–Crippen MR) is 128 cm³/mol.